The minimum atomic E-state index is -4.44. The van der Waals surface area contributed by atoms with Crippen LogP contribution in [0.5, 0.6) is 0 Å². The molecule has 0 heterocycles. The zero-order valence-corrected chi connectivity index (χ0v) is 9.53. The lowest BCUT2D eigenvalue weighted by molar-refractivity contribution is -0.137. The molecule has 0 aromatic heterocycles. The van der Waals surface area contributed by atoms with E-state index in [1.807, 2.05) is 0 Å². The second-order valence-electron chi connectivity index (χ2n) is 3.53. The molecular formula is C12H9F3N2O2. The number of nitriles is 1. The average molecular weight is 270 g/mol. The molecule has 0 spiro atoms. The van der Waals surface area contributed by atoms with Gasteiger partial charge < -0.3 is 10.4 Å². The first-order chi connectivity index (χ1) is 8.82. The zero-order chi connectivity index (χ0) is 14.5. The number of aliphatic hydroxyl groups excluding tert-OH is 1. The van der Waals surface area contributed by atoms with E-state index in [4.69, 9.17) is 10.4 Å². The highest BCUT2D eigenvalue weighted by atomic mass is 19.4. The number of aliphatic hydroxyl groups is 1. The number of allylic oxidation sites excluding steroid dienone is 1. The smallest absolute Gasteiger partial charge is 0.416 e. The van der Waals surface area contributed by atoms with Crippen molar-refractivity contribution in [1.82, 2.24) is 0 Å². The van der Waals surface area contributed by atoms with Crippen LogP contribution in [0.15, 0.2) is 36.1 Å². The van der Waals surface area contributed by atoms with Crippen LogP contribution in [0.1, 0.15) is 12.0 Å². The van der Waals surface area contributed by atoms with Gasteiger partial charge in [-0.1, -0.05) is 0 Å². The summed E-state index contributed by atoms with van der Waals surface area (Å²) in [7, 11) is 0. The van der Waals surface area contributed by atoms with Gasteiger partial charge in [-0.15, -0.1) is 0 Å². The predicted octanol–water partition coefficient (Wildman–Crippen LogP) is 3.00. The Hall–Kier alpha value is -2.49. The van der Waals surface area contributed by atoms with Gasteiger partial charge in [0.15, 0.2) is 0 Å². The first kappa shape index (κ1) is 14.6. The van der Waals surface area contributed by atoms with Crippen LogP contribution in [0, 0.1) is 11.3 Å². The SMILES string of the molecule is N#CC/C(O)=C/C(=O)Nc1ccc(C(F)(F)F)cc1. The predicted molar refractivity (Wildman–Crippen MR) is 61.0 cm³/mol. The fourth-order valence-corrected chi connectivity index (χ4v) is 1.20. The molecule has 2 N–H and O–H groups in total. The van der Waals surface area contributed by atoms with Crippen LogP contribution in [-0.4, -0.2) is 11.0 Å². The molecule has 19 heavy (non-hydrogen) atoms. The van der Waals surface area contributed by atoms with Crippen LogP contribution >= 0.6 is 0 Å². The van der Waals surface area contributed by atoms with Crippen molar-refractivity contribution in [3.05, 3.63) is 41.7 Å². The molecule has 0 atom stereocenters. The Balaban J connectivity index is 2.72. The van der Waals surface area contributed by atoms with Gasteiger partial charge in [-0.25, -0.2) is 0 Å². The normalized spacial score (nSPS) is 11.8. The van der Waals surface area contributed by atoms with E-state index in [2.05, 4.69) is 5.32 Å². The summed E-state index contributed by atoms with van der Waals surface area (Å²) in [5.41, 5.74) is -0.674. The molecule has 0 saturated carbocycles. The maximum atomic E-state index is 12.3. The van der Waals surface area contributed by atoms with Gasteiger partial charge in [-0.2, -0.15) is 18.4 Å². The number of halogens is 3. The minimum absolute atomic E-state index is 0.152. The first-order valence-corrected chi connectivity index (χ1v) is 5.07. The maximum Gasteiger partial charge on any atom is 0.416 e. The van der Waals surface area contributed by atoms with Gasteiger partial charge in [0, 0.05) is 11.8 Å². The molecule has 1 aromatic rings. The molecule has 0 aliphatic heterocycles. The van der Waals surface area contributed by atoms with E-state index in [1.54, 1.807) is 6.07 Å². The molecule has 0 aliphatic carbocycles. The number of carbonyl (C=O) groups excluding carboxylic acids is 1. The number of hydrogen-bond donors (Lipinski definition) is 2. The fraction of sp³-hybridized carbons (Fsp3) is 0.167. The van der Waals surface area contributed by atoms with Gasteiger partial charge in [-0.3, -0.25) is 4.79 Å². The van der Waals surface area contributed by atoms with Gasteiger partial charge in [0.2, 0.25) is 0 Å². The van der Waals surface area contributed by atoms with Crippen molar-refractivity contribution in [2.45, 2.75) is 12.6 Å². The number of rotatable bonds is 3. The van der Waals surface area contributed by atoms with Crippen molar-refractivity contribution in [1.29, 1.82) is 5.26 Å². The van der Waals surface area contributed by atoms with Gasteiger partial charge >= 0.3 is 6.18 Å². The molecule has 0 bridgehead atoms. The van der Waals surface area contributed by atoms with Crippen molar-refractivity contribution >= 4 is 11.6 Å². The highest BCUT2D eigenvalue weighted by Crippen LogP contribution is 2.29. The Morgan fingerprint density at radius 1 is 1.37 bits per heavy atom. The third-order valence-corrected chi connectivity index (χ3v) is 2.04. The van der Waals surface area contributed by atoms with Crippen LogP contribution in [0.3, 0.4) is 0 Å². The molecule has 0 saturated heterocycles. The molecule has 0 aliphatic rings. The number of nitrogens with one attached hydrogen (secondary N) is 1. The van der Waals surface area contributed by atoms with Gasteiger partial charge in [0.25, 0.3) is 5.91 Å². The summed E-state index contributed by atoms with van der Waals surface area (Å²) in [5.74, 6) is -1.15. The molecule has 100 valence electrons. The summed E-state index contributed by atoms with van der Waals surface area (Å²) in [4.78, 5) is 11.3. The van der Waals surface area contributed by atoms with Crippen LogP contribution < -0.4 is 5.32 Å². The second kappa shape index (κ2) is 5.91. The van der Waals surface area contributed by atoms with E-state index in [-0.39, 0.29) is 12.1 Å². The number of alkyl halides is 3. The van der Waals surface area contributed by atoms with Crippen LogP contribution in [0.25, 0.3) is 0 Å². The summed E-state index contributed by atoms with van der Waals surface area (Å²) < 4.78 is 36.8. The highest BCUT2D eigenvalue weighted by Gasteiger charge is 2.29. The van der Waals surface area contributed by atoms with Crippen molar-refractivity contribution in [2.75, 3.05) is 5.32 Å². The molecule has 1 aromatic carbocycles. The lowest BCUT2D eigenvalue weighted by atomic mass is 10.2. The number of carbonyl (C=O) groups is 1. The first-order valence-electron chi connectivity index (χ1n) is 5.07. The molecule has 4 nitrogen and oxygen atoms in total. The summed E-state index contributed by atoms with van der Waals surface area (Å²) in [6, 6.07) is 5.48. The number of anilines is 1. The molecule has 1 amide bonds. The molecular weight excluding hydrogens is 261 g/mol. The Morgan fingerprint density at radius 2 is 1.95 bits per heavy atom. The number of amides is 1. The maximum absolute atomic E-state index is 12.3. The van der Waals surface area contributed by atoms with E-state index in [1.165, 1.54) is 0 Å². The Bertz CT molecular complexity index is 527. The zero-order valence-electron chi connectivity index (χ0n) is 9.53. The van der Waals surface area contributed by atoms with Crippen LogP contribution in [0.4, 0.5) is 18.9 Å². The molecule has 7 heteroatoms. The van der Waals surface area contributed by atoms with E-state index >= 15 is 0 Å². The average Bonchev–Trinajstić information content (AvgIpc) is 2.28. The van der Waals surface area contributed by atoms with Gasteiger partial charge in [0.05, 0.1) is 18.1 Å². The quantitative estimate of drug-likeness (QED) is 0.655. The van der Waals surface area contributed by atoms with Crippen molar-refractivity contribution in [3.63, 3.8) is 0 Å². The summed E-state index contributed by atoms with van der Waals surface area (Å²) in [6.45, 7) is 0. The van der Waals surface area contributed by atoms with E-state index in [0.29, 0.717) is 0 Å². The largest absolute Gasteiger partial charge is 0.511 e. The fourth-order valence-electron chi connectivity index (χ4n) is 1.20. The third kappa shape index (κ3) is 4.71. The number of benzene rings is 1. The topological polar surface area (TPSA) is 73.1 Å². The standard InChI is InChI=1S/C12H9F3N2O2/c13-12(14,15)8-1-3-9(4-2-8)17-11(19)7-10(18)5-6-16/h1-4,7,18H,5H2,(H,17,19)/b10-7-. The Labute approximate surface area is 106 Å². The number of hydrogen-bond acceptors (Lipinski definition) is 3. The molecule has 0 radical (unpaired) electrons. The summed E-state index contributed by atoms with van der Waals surface area (Å²) in [5, 5.41) is 19.6. The molecule has 0 fully saturated rings. The summed E-state index contributed by atoms with van der Waals surface area (Å²) in [6.07, 6.45) is -3.96. The Kier molecular flexibility index (Phi) is 4.53. The Morgan fingerprint density at radius 3 is 2.42 bits per heavy atom. The molecule has 1 rings (SSSR count). The van der Waals surface area contributed by atoms with Gasteiger partial charge in [-0.05, 0) is 24.3 Å². The van der Waals surface area contributed by atoms with E-state index in [0.717, 1.165) is 30.3 Å². The summed E-state index contributed by atoms with van der Waals surface area (Å²) >= 11 is 0. The van der Waals surface area contributed by atoms with Crippen LogP contribution in [0.2, 0.25) is 0 Å². The van der Waals surface area contributed by atoms with Crippen molar-refractivity contribution in [2.24, 2.45) is 0 Å². The van der Waals surface area contributed by atoms with Gasteiger partial charge in [0.1, 0.15) is 5.76 Å². The number of nitrogens with zero attached hydrogens (tertiary/aromatic N) is 1. The van der Waals surface area contributed by atoms with Crippen molar-refractivity contribution < 1.29 is 23.1 Å². The van der Waals surface area contributed by atoms with Crippen LogP contribution in [-0.2, 0) is 11.0 Å². The minimum Gasteiger partial charge on any atom is -0.511 e. The lowest BCUT2D eigenvalue weighted by Gasteiger charge is -2.07. The third-order valence-electron chi connectivity index (χ3n) is 2.04. The molecule has 0 unspecified atom stereocenters. The van der Waals surface area contributed by atoms with Crippen molar-refractivity contribution in [3.8, 4) is 6.07 Å². The second-order valence-corrected chi connectivity index (χ2v) is 3.53. The lowest BCUT2D eigenvalue weighted by Crippen LogP contribution is -2.10. The van der Waals surface area contributed by atoms with E-state index < -0.39 is 23.4 Å². The highest BCUT2D eigenvalue weighted by molar-refractivity contribution is 5.99. The monoisotopic (exact) mass is 270 g/mol. The van der Waals surface area contributed by atoms with E-state index in [9.17, 15) is 18.0 Å².